The first-order valence-electron chi connectivity index (χ1n) is 12.2. The molecule has 0 aliphatic carbocycles. The lowest BCUT2D eigenvalue weighted by atomic mass is 9.96. The Morgan fingerprint density at radius 3 is 2.71 bits per heavy atom. The highest BCUT2D eigenvalue weighted by molar-refractivity contribution is 7.59. The topological polar surface area (TPSA) is 134 Å². The van der Waals surface area contributed by atoms with Crippen molar-refractivity contribution in [3.63, 3.8) is 0 Å². The van der Waals surface area contributed by atoms with Gasteiger partial charge in [-0.25, -0.2) is 15.0 Å². The van der Waals surface area contributed by atoms with E-state index in [1.165, 1.54) is 6.33 Å². The van der Waals surface area contributed by atoms with Gasteiger partial charge in [0, 0.05) is 48.9 Å². The molecular formula is C27H31N7O3S. The van der Waals surface area contributed by atoms with Crippen molar-refractivity contribution in [2.75, 3.05) is 37.4 Å². The lowest BCUT2D eigenvalue weighted by molar-refractivity contribution is 0.0964. The van der Waals surface area contributed by atoms with Crippen molar-refractivity contribution >= 4 is 41.9 Å². The molecule has 4 aromatic rings. The van der Waals surface area contributed by atoms with Crippen LogP contribution in [-0.4, -0.2) is 69.9 Å². The standard InChI is InChI=1S/C27H29N7O3.H2S/c1-16(18-4-3-5-19-20(27(36)28-2)8-9-29-26(18)19)11-30-25-10-21(32-15-33-25)17-6-7-24(31-12-17)34-22-13-37-14-23(22)35;/h3-10,12,15-16,22-23,35H,11,13-14H2,1-2H3,(H,28,36)(H,31,34)(H,30,32,33);1H2/t16-,22-,23-;/m1./s1. The molecular weight excluding hydrogens is 502 g/mol. The number of carbonyl (C=O) groups excluding carboxylic acids is 1. The van der Waals surface area contributed by atoms with Gasteiger partial charge in [0.2, 0.25) is 0 Å². The van der Waals surface area contributed by atoms with E-state index in [-0.39, 0.29) is 31.4 Å². The number of hydrogen-bond donors (Lipinski definition) is 4. The van der Waals surface area contributed by atoms with Crippen LogP contribution in [0.1, 0.15) is 28.8 Å². The zero-order valence-electron chi connectivity index (χ0n) is 21.2. The quantitative estimate of drug-likeness (QED) is 0.270. The number of aliphatic hydroxyl groups excluding tert-OH is 1. The van der Waals surface area contributed by atoms with E-state index in [1.54, 1.807) is 25.5 Å². The number of aromatic nitrogens is 4. The molecule has 0 radical (unpaired) electrons. The van der Waals surface area contributed by atoms with Crippen molar-refractivity contribution in [3.05, 3.63) is 72.3 Å². The second kappa shape index (κ2) is 12.2. The average molecular weight is 534 g/mol. The lowest BCUT2D eigenvalue weighted by Gasteiger charge is -2.16. The highest BCUT2D eigenvalue weighted by Gasteiger charge is 2.26. The summed E-state index contributed by atoms with van der Waals surface area (Å²) in [4.78, 5) is 30.1. The second-order valence-corrected chi connectivity index (χ2v) is 9.04. The minimum Gasteiger partial charge on any atom is -0.388 e. The first-order chi connectivity index (χ1) is 18.0. The molecule has 11 heteroatoms. The van der Waals surface area contributed by atoms with Gasteiger partial charge in [-0.05, 0) is 23.8 Å². The summed E-state index contributed by atoms with van der Waals surface area (Å²) < 4.78 is 5.27. The molecule has 1 aromatic carbocycles. The van der Waals surface area contributed by atoms with Crippen LogP contribution >= 0.6 is 13.5 Å². The Morgan fingerprint density at radius 1 is 1.11 bits per heavy atom. The Hall–Kier alpha value is -3.80. The summed E-state index contributed by atoms with van der Waals surface area (Å²) in [6.45, 7) is 3.52. The SMILES string of the molecule is CNC(=O)c1ccnc2c([C@H](C)CNc3cc(-c4ccc(N[C@@H]5COC[C@H]5O)nc4)ncn3)cccc12.S. The van der Waals surface area contributed by atoms with E-state index in [0.29, 0.717) is 37.0 Å². The minimum absolute atomic E-state index is 0. The van der Waals surface area contributed by atoms with Gasteiger partial charge in [0.1, 0.15) is 18.0 Å². The van der Waals surface area contributed by atoms with E-state index in [4.69, 9.17) is 4.74 Å². The van der Waals surface area contributed by atoms with Gasteiger partial charge >= 0.3 is 0 Å². The third kappa shape index (κ3) is 5.85. The molecule has 1 fully saturated rings. The number of anilines is 2. The molecule has 1 aliphatic heterocycles. The number of fused-ring (bicyclic) bond motifs is 1. The van der Waals surface area contributed by atoms with E-state index >= 15 is 0 Å². The number of nitrogens with one attached hydrogen (secondary N) is 3. The molecule has 1 aliphatic rings. The number of nitrogens with zero attached hydrogens (tertiary/aromatic N) is 4. The van der Waals surface area contributed by atoms with E-state index in [0.717, 1.165) is 27.7 Å². The fourth-order valence-electron chi connectivity index (χ4n) is 4.41. The number of rotatable bonds is 8. The van der Waals surface area contributed by atoms with Crippen LogP contribution in [0.25, 0.3) is 22.2 Å². The molecule has 0 saturated carbocycles. The Morgan fingerprint density at radius 2 is 1.97 bits per heavy atom. The van der Waals surface area contributed by atoms with Crippen molar-refractivity contribution in [2.45, 2.75) is 25.0 Å². The molecule has 0 bridgehead atoms. The van der Waals surface area contributed by atoms with Crippen LogP contribution in [0.2, 0.25) is 0 Å². The van der Waals surface area contributed by atoms with Gasteiger partial charge in [-0.3, -0.25) is 9.78 Å². The predicted octanol–water partition coefficient (Wildman–Crippen LogP) is 2.95. The van der Waals surface area contributed by atoms with Crippen LogP contribution in [0.5, 0.6) is 0 Å². The summed E-state index contributed by atoms with van der Waals surface area (Å²) in [5.41, 5.74) is 4.08. The molecule has 10 nitrogen and oxygen atoms in total. The second-order valence-electron chi connectivity index (χ2n) is 9.04. The highest BCUT2D eigenvalue weighted by atomic mass is 32.1. The number of aliphatic hydroxyl groups is 1. The van der Waals surface area contributed by atoms with E-state index in [2.05, 4.69) is 42.8 Å². The number of carbonyl (C=O) groups is 1. The summed E-state index contributed by atoms with van der Waals surface area (Å²) in [5.74, 6) is 1.34. The first-order valence-corrected chi connectivity index (χ1v) is 12.2. The van der Waals surface area contributed by atoms with Gasteiger partial charge in [0.05, 0.1) is 42.1 Å². The van der Waals surface area contributed by atoms with Gasteiger partial charge in [-0.2, -0.15) is 13.5 Å². The number of amides is 1. The van der Waals surface area contributed by atoms with Gasteiger partial charge in [0.15, 0.2) is 0 Å². The summed E-state index contributed by atoms with van der Waals surface area (Å²) in [5, 5.41) is 20.0. The largest absolute Gasteiger partial charge is 0.388 e. The minimum atomic E-state index is -0.540. The molecule has 1 saturated heterocycles. The van der Waals surface area contributed by atoms with Crippen LogP contribution in [0, 0.1) is 0 Å². The van der Waals surface area contributed by atoms with Crippen LogP contribution in [-0.2, 0) is 4.74 Å². The van der Waals surface area contributed by atoms with Crippen molar-refractivity contribution in [2.24, 2.45) is 0 Å². The summed E-state index contributed by atoms with van der Waals surface area (Å²) >= 11 is 0. The number of ether oxygens (including phenoxy) is 1. The molecule has 4 N–H and O–H groups in total. The van der Waals surface area contributed by atoms with Crippen molar-refractivity contribution in [1.29, 1.82) is 0 Å². The van der Waals surface area contributed by atoms with Crippen LogP contribution in [0.15, 0.2) is 61.2 Å². The van der Waals surface area contributed by atoms with E-state index in [9.17, 15) is 9.90 Å². The monoisotopic (exact) mass is 533 g/mol. The Labute approximate surface area is 227 Å². The molecule has 3 aromatic heterocycles. The molecule has 198 valence electrons. The molecule has 0 unspecified atom stereocenters. The molecule has 0 spiro atoms. The number of hydrogen-bond acceptors (Lipinski definition) is 9. The fraction of sp³-hybridized carbons (Fsp3) is 0.296. The molecule has 5 rings (SSSR count). The summed E-state index contributed by atoms with van der Waals surface area (Å²) in [7, 11) is 1.62. The van der Waals surface area contributed by atoms with Crippen molar-refractivity contribution < 1.29 is 14.6 Å². The maximum Gasteiger partial charge on any atom is 0.251 e. The maximum absolute atomic E-state index is 12.3. The zero-order valence-corrected chi connectivity index (χ0v) is 22.2. The van der Waals surface area contributed by atoms with Gasteiger partial charge in [-0.15, -0.1) is 0 Å². The van der Waals surface area contributed by atoms with Crippen molar-refractivity contribution in [3.8, 4) is 11.3 Å². The Balaban J connectivity index is 0.00000336. The van der Waals surface area contributed by atoms with Gasteiger partial charge in [0.25, 0.3) is 5.91 Å². The van der Waals surface area contributed by atoms with Gasteiger partial charge < -0.3 is 25.8 Å². The normalized spacial score (nSPS) is 17.4. The molecule has 4 heterocycles. The van der Waals surface area contributed by atoms with E-state index in [1.807, 2.05) is 36.4 Å². The maximum atomic E-state index is 12.3. The Bertz CT molecular complexity index is 1400. The zero-order chi connectivity index (χ0) is 25.8. The molecule has 3 atom stereocenters. The summed E-state index contributed by atoms with van der Waals surface area (Å²) in [6.07, 6.45) is 4.40. The van der Waals surface area contributed by atoms with Crippen LogP contribution in [0.4, 0.5) is 11.6 Å². The number of benzene rings is 1. The Kier molecular flexibility index (Phi) is 8.72. The smallest absolute Gasteiger partial charge is 0.251 e. The van der Waals surface area contributed by atoms with Crippen LogP contribution in [0.3, 0.4) is 0 Å². The highest BCUT2D eigenvalue weighted by Crippen LogP contribution is 2.27. The first kappa shape index (κ1) is 27.2. The molecule has 38 heavy (non-hydrogen) atoms. The molecule has 1 amide bonds. The average Bonchev–Trinajstić information content (AvgIpc) is 3.35. The van der Waals surface area contributed by atoms with Crippen molar-refractivity contribution in [1.82, 2.24) is 25.3 Å². The number of para-hydroxylation sites is 1. The van der Waals surface area contributed by atoms with Gasteiger partial charge in [-0.1, -0.05) is 25.1 Å². The summed E-state index contributed by atoms with van der Waals surface area (Å²) in [6, 6.07) is 13.2. The van der Waals surface area contributed by atoms with Crippen LogP contribution < -0.4 is 16.0 Å². The third-order valence-corrected chi connectivity index (χ3v) is 6.50. The lowest BCUT2D eigenvalue weighted by Crippen LogP contribution is -2.32. The number of pyridine rings is 2. The van der Waals surface area contributed by atoms with E-state index < -0.39 is 6.10 Å². The fourth-order valence-corrected chi connectivity index (χ4v) is 4.41. The third-order valence-electron chi connectivity index (χ3n) is 6.50. The predicted molar refractivity (Wildman–Crippen MR) is 152 cm³/mol.